The summed E-state index contributed by atoms with van der Waals surface area (Å²) in [5, 5.41) is 9.23. The van der Waals surface area contributed by atoms with Gasteiger partial charge in [0.15, 0.2) is 11.5 Å². The zero-order chi connectivity index (χ0) is 15.4. The van der Waals surface area contributed by atoms with Crippen LogP contribution in [0.15, 0.2) is 34.8 Å². The Hall–Kier alpha value is -1.52. The number of ether oxygens (including phenoxy) is 2. The number of rotatable bonds is 5. The third-order valence-electron chi connectivity index (χ3n) is 3.35. The van der Waals surface area contributed by atoms with Crippen LogP contribution < -0.4 is 9.47 Å². The molecule has 4 heteroatoms. The van der Waals surface area contributed by atoms with Crippen molar-refractivity contribution in [2.45, 2.75) is 27.1 Å². The fraction of sp³-hybridized carbons (Fsp3) is 0.294. The standard InChI is InChI=1S/C17H19BrO3/c1-11-4-5-12(2)14(6-11)10-21-17-15(18)7-13(9-19)8-16(17)20-3/h4-8,19H,9-10H2,1-3H3. The fourth-order valence-corrected chi connectivity index (χ4v) is 2.71. The molecule has 0 aliphatic heterocycles. The molecule has 0 saturated heterocycles. The molecule has 0 aliphatic carbocycles. The topological polar surface area (TPSA) is 38.7 Å². The Bertz CT molecular complexity index is 638. The maximum atomic E-state index is 9.23. The first kappa shape index (κ1) is 15.9. The summed E-state index contributed by atoms with van der Waals surface area (Å²) in [5.74, 6) is 1.26. The molecule has 0 spiro atoms. The van der Waals surface area contributed by atoms with E-state index in [1.807, 2.05) is 6.07 Å². The molecule has 0 heterocycles. The Morgan fingerprint density at radius 2 is 1.90 bits per heavy atom. The zero-order valence-corrected chi connectivity index (χ0v) is 14.0. The summed E-state index contributed by atoms with van der Waals surface area (Å²) >= 11 is 3.47. The molecular formula is C17H19BrO3. The van der Waals surface area contributed by atoms with Crippen LogP contribution in [0.3, 0.4) is 0 Å². The lowest BCUT2D eigenvalue weighted by molar-refractivity contribution is 0.272. The average Bonchev–Trinajstić information content (AvgIpc) is 2.48. The van der Waals surface area contributed by atoms with Gasteiger partial charge in [0.05, 0.1) is 18.2 Å². The van der Waals surface area contributed by atoms with Crippen molar-refractivity contribution in [2.24, 2.45) is 0 Å². The Morgan fingerprint density at radius 3 is 2.57 bits per heavy atom. The summed E-state index contributed by atoms with van der Waals surface area (Å²) in [7, 11) is 1.59. The van der Waals surface area contributed by atoms with Crippen molar-refractivity contribution in [3.8, 4) is 11.5 Å². The highest BCUT2D eigenvalue weighted by Crippen LogP contribution is 2.37. The van der Waals surface area contributed by atoms with Gasteiger partial charge < -0.3 is 14.6 Å². The van der Waals surface area contributed by atoms with E-state index in [0.29, 0.717) is 18.1 Å². The first-order valence-electron chi connectivity index (χ1n) is 6.71. The highest BCUT2D eigenvalue weighted by Gasteiger charge is 2.12. The molecule has 0 unspecified atom stereocenters. The summed E-state index contributed by atoms with van der Waals surface area (Å²) < 4.78 is 12.0. The maximum Gasteiger partial charge on any atom is 0.175 e. The predicted octanol–water partition coefficient (Wildman–Crippen LogP) is 4.15. The average molecular weight is 351 g/mol. The summed E-state index contributed by atoms with van der Waals surface area (Å²) in [5.41, 5.74) is 4.33. The van der Waals surface area contributed by atoms with E-state index in [1.165, 1.54) is 11.1 Å². The van der Waals surface area contributed by atoms with Gasteiger partial charge in [0.25, 0.3) is 0 Å². The number of aryl methyl sites for hydroxylation is 2. The second kappa shape index (κ2) is 6.96. The molecule has 0 saturated carbocycles. The van der Waals surface area contributed by atoms with Gasteiger partial charge in [-0.1, -0.05) is 23.8 Å². The Kier molecular flexibility index (Phi) is 5.26. The summed E-state index contributed by atoms with van der Waals surface area (Å²) in [6, 6.07) is 9.92. The van der Waals surface area contributed by atoms with E-state index in [9.17, 15) is 5.11 Å². The highest BCUT2D eigenvalue weighted by molar-refractivity contribution is 9.10. The number of aliphatic hydroxyl groups is 1. The van der Waals surface area contributed by atoms with Crippen molar-refractivity contribution in [1.29, 1.82) is 0 Å². The first-order valence-corrected chi connectivity index (χ1v) is 7.50. The lowest BCUT2D eigenvalue weighted by Crippen LogP contribution is -2.01. The molecule has 1 N–H and O–H groups in total. The third kappa shape index (κ3) is 3.77. The third-order valence-corrected chi connectivity index (χ3v) is 3.94. The lowest BCUT2D eigenvalue weighted by atomic mass is 10.1. The van der Waals surface area contributed by atoms with Crippen LogP contribution >= 0.6 is 15.9 Å². The molecule has 0 bridgehead atoms. The second-order valence-corrected chi connectivity index (χ2v) is 5.84. The highest BCUT2D eigenvalue weighted by atomic mass is 79.9. The Labute approximate surface area is 133 Å². The van der Waals surface area contributed by atoms with Gasteiger partial charge in [-0.2, -0.15) is 0 Å². The molecule has 0 amide bonds. The molecule has 2 aromatic carbocycles. The van der Waals surface area contributed by atoms with Crippen LogP contribution in [-0.4, -0.2) is 12.2 Å². The van der Waals surface area contributed by atoms with Crippen molar-refractivity contribution in [2.75, 3.05) is 7.11 Å². The number of methoxy groups -OCH3 is 1. The van der Waals surface area contributed by atoms with Gasteiger partial charge in [-0.05, 0) is 58.6 Å². The smallest absolute Gasteiger partial charge is 0.175 e. The van der Waals surface area contributed by atoms with Crippen LogP contribution in [0.2, 0.25) is 0 Å². The Balaban J connectivity index is 2.25. The largest absolute Gasteiger partial charge is 0.493 e. The molecule has 21 heavy (non-hydrogen) atoms. The van der Waals surface area contributed by atoms with Crippen LogP contribution in [0, 0.1) is 13.8 Å². The van der Waals surface area contributed by atoms with Gasteiger partial charge in [-0.15, -0.1) is 0 Å². The van der Waals surface area contributed by atoms with E-state index in [4.69, 9.17) is 9.47 Å². The molecule has 112 valence electrons. The molecule has 0 radical (unpaired) electrons. The van der Waals surface area contributed by atoms with E-state index < -0.39 is 0 Å². The van der Waals surface area contributed by atoms with E-state index in [-0.39, 0.29) is 6.61 Å². The summed E-state index contributed by atoms with van der Waals surface area (Å²) in [6.07, 6.45) is 0. The summed E-state index contributed by atoms with van der Waals surface area (Å²) in [4.78, 5) is 0. The molecule has 0 atom stereocenters. The van der Waals surface area contributed by atoms with Gasteiger partial charge in [0, 0.05) is 0 Å². The van der Waals surface area contributed by atoms with Gasteiger partial charge in [-0.3, -0.25) is 0 Å². The van der Waals surface area contributed by atoms with Crippen molar-refractivity contribution >= 4 is 15.9 Å². The van der Waals surface area contributed by atoms with E-state index in [0.717, 1.165) is 15.6 Å². The fourth-order valence-electron chi connectivity index (χ4n) is 2.11. The minimum absolute atomic E-state index is 0.0355. The van der Waals surface area contributed by atoms with Crippen molar-refractivity contribution < 1.29 is 14.6 Å². The van der Waals surface area contributed by atoms with Crippen LogP contribution in [-0.2, 0) is 13.2 Å². The molecule has 0 aliphatic rings. The number of halogens is 1. The van der Waals surface area contributed by atoms with Crippen LogP contribution in [0.25, 0.3) is 0 Å². The SMILES string of the molecule is COc1cc(CO)cc(Br)c1OCc1cc(C)ccc1C. The number of benzene rings is 2. The van der Waals surface area contributed by atoms with Gasteiger partial charge >= 0.3 is 0 Å². The summed E-state index contributed by atoms with van der Waals surface area (Å²) in [6.45, 7) is 4.57. The molecule has 0 fully saturated rings. The van der Waals surface area contributed by atoms with Crippen LogP contribution in [0.5, 0.6) is 11.5 Å². The predicted molar refractivity (Wildman–Crippen MR) is 86.9 cm³/mol. The van der Waals surface area contributed by atoms with Gasteiger partial charge in [0.2, 0.25) is 0 Å². The van der Waals surface area contributed by atoms with Crippen molar-refractivity contribution in [3.05, 3.63) is 57.1 Å². The quantitative estimate of drug-likeness (QED) is 0.880. The van der Waals surface area contributed by atoms with Crippen LogP contribution in [0.1, 0.15) is 22.3 Å². The first-order chi connectivity index (χ1) is 10.0. The molecule has 3 nitrogen and oxygen atoms in total. The molecule has 2 rings (SSSR count). The zero-order valence-electron chi connectivity index (χ0n) is 12.4. The number of hydrogen-bond donors (Lipinski definition) is 1. The van der Waals surface area contributed by atoms with Gasteiger partial charge in [0.1, 0.15) is 6.61 Å². The van der Waals surface area contributed by atoms with E-state index in [2.05, 4.69) is 48.0 Å². The monoisotopic (exact) mass is 350 g/mol. The molecular weight excluding hydrogens is 332 g/mol. The normalized spacial score (nSPS) is 10.5. The van der Waals surface area contributed by atoms with E-state index >= 15 is 0 Å². The minimum Gasteiger partial charge on any atom is -0.493 e. The van der Waals surface area contributed by atoms with Crippen molar-refractivity contribution in [1.82, 2.24) is 0 Å². The lowest BCUT2D eigenvalue weighted by Gasteiger charge is -2.15. The number of hydrogen-bond acceptors (Lipinski definition) is 3. The van der Waals surface area contributed by atoms with Crippen molar-refractivity contribution in [3.63, 3.8) is 0 Å². The van der Waals surface area contributed by atoms with Crippen LogP contribution in [0.4, 0.5) is 0 Å². The molecule has 0 aromatic heterocycles. The molecule has 2 aromatic rings. The second-order valence-electron chi connectivity index (χ2n) is 4.99. The van der Waals surface area contributed by atoms with E-state index in [1.54, 1.807) is 13.2 Å². The minimum atomic E-state index is -0.0355. The Morgan fingerprint density at radius 1 is 1.14 bits per heavy atom. The number of aliphatic hydroxyl groups excluding tert-OH is 1. The maximum absolute atomic E-state index is 9.23. The van der Waals surface area contributed by atoms with Gasteiger partial charge in [-0.25, -0.2) is 0 Å².